The molecule has 0 saturated carbocycles. The average molecular weight is 289 g/mol. The molecule has 0 heterocycles. The molecule has 1 aromatic carbocycles. The van der Waals surface area contributed by atoms with Gasteiger partial charge in [0.1, 0.15) is 5.82 Å². The van der Waals surface area contributed by atoms with E-state index in [1.807, 2.05) is 0 Å². The summed E-state index contributed by atoms with van der Waals surface area (Å²) in [6, 6.07) is 5.11. The first kappa shape index (κ1) is 15.6. The van der Waals surface area contributed by atoms with E-state index >= 15 is 0 Å². The molecular formula is C12H16FNO4S. The second kappa shape index (κ2) is 6.63. The van der Waals surface area contributed by atoms with Crippen LogP contribution in [0.4, 0.5) is 4.39 Å². The van der Waals surface area contributed by atoms with E-state index in [2.05, 4.69) is 4.72 Å². The highest BCUT2D eigenvalue weighted by atomic mass is 32.2. The lowest BCUT2D eigenvalue weighted by Crippen LogP contribution is -2.33. The first-order valence-electron chi connectivity index (χ1n) is 5.78. The third kappa shape index (κ3) is 5.35. The highest BCUT2D eigenvalue weighted by Gasteiger charge is 2.19. The number of carbonyl (C=O) groups is 1. The van der Waals surface area contributed by atoms with E-state index in [-0.39, 0.29) is 12.3 Å². The van der Waals surface area contributed by atoms with Gasteiger partial charge in [0.25, 0.3) is 0 Å². The third-order valence-electron chi connectivity index (χ3n) is 2.66. The van der Waals surface area contributed by atoms with Gasteiger partial charge in [0.2, 0.25) is 10.0 Å². The van der Waals surface area contributed by atoms with Crippen LogP contribution in [0.5, 0.6) is 0 Å². The van der Waals surface area contributed by atoms with E-state index in [1.54, 1.807) is 6.92 Å². The van der Waals surface area contributed by atoms with Gasteiger partial charge in [-0.1, -0.05) is 19.1 Å². The molecule has 0 saturated heterocycles. The number of aliphatic carboxylic acids is 1. The van der Waals surface area contributed by atoms with Gasteiger partial charge in [-0.15, -0.1) is 0 Å². The molecule has 0 radical (unpaired) electrons. The van der Waals surface area contributed by atoms with Gasteiger partial charge in [-0.3, -0.25) is 4.79 Å². The van der Waals surface area contributed by atoms with Crippen LogP contribution in [0.3, 0.4) is 0 Å². The Bertz CT molecular complexity index is 527. The van der Waals surface area contributed by atoms with E-state index in [1.165, 1.54) is 24.3 Å². The van der Waals surface area contributed by atoms with Crippen LogP contribution in [0, 0.1) is 11.7 Å². The number of benzene rings is 1. The Morgan fingerprint density at radius 3 is 2.42 bits per heavy atom. The van der Waals surface area contributed by atoms with Crippen molar-refractivity contribution in [3.8, 4) is 0 Å². The van der Waals surface area contributed by atoms with Gasteiger partial charge in [0.05, 0.1) is 11.7 Å². The maximum atomic E-state index is 12.7. The van der Waals surface area contributed by atoms with Crippen molar-refractivity contribution in [3.05, 3.63) is 35.6 Å². The summed E-state index contributed by atoms with van der Waals surface area (Å²) in [5.41, 5.74) is 0.442. The molecule has 1 atom stereocenters. The van der Waals surface area contributed by atoms with Crippen molar-refractivity contribution in [1.29, 1.82) is 0 Å². The fourth-order valence-corrected chi connectivity index (χ4v) is 2.67. The van der Waals surface area contributed by atoms with Gasteiger partial charge in [-0.25, -0.2) is 17.5 Å². The molecule has 0 aromatic heterocycles. The van der Waals surface area contributed by atoms with Crippen LogP contribution >= 0.6 is 0 Å². The van der Waals surface area contributed by atoms with Crippen molar-refractivity contribution < 1.29 is 22.7 Å². The van der Waals surface area contributed by atoms with Gasteiger partial charge in [-0.05, 0) is 24.1 Å². The minimum Gasteiger partial charge on any atom is -0.481 e. The maximum Gasteiger partial charge on any atom is 0.307 e. The van der Waals surface area contributed by atoms with Crippen molar-refractivity contribution >= 4 is 16.0 Å². The molecule has 7 heteroatoms. The van der Waals surface area contributed by atoms with Crippen LogP contribution in [-0.2, 0) is 20.6 Å². The van der Waals surface area contributed by atoms with Gasteiger partial charge in [-0.2, -0.15) is 0 Å². The lowest BCUT2D eigenvalue weighted by Gasteiger charge is -2.11. The molecule has 0 bridgehead atoms. The molecule has 0 aliphatic carbocycles. The normalized spacial score (nSPS) is 13.2. The Morgan fingerprint density at radius 1 is 1.37 bits per heavy atom. The van der Waals surface area contributed by atoms with Crippen LogP contribution in [-0.4, -0.2) is 26.0 Å². The van der Waals surface area contributed by atoms with Gasteiger partial charge < -0.3 is 5.11 Å². The predicted molar refractivity (Wildman–Crippen MR) is 68.4 cm³/mol. The smallest absolute Gasteiger partial charge is 0.307 e. The molecule has 19 heavy (non-hydrogen) atoms. The van der Waals surface area contributed by atoms with Crippen molar-refractivity contribution in [1.82, 2.24) is 4.72 Å². The number of carboxylic acids is 1. The van der Waals surface area contributed by atoms with Gasteiger partial charge in [0, 0.05) is 6.54 Å². The molecule has 0 aliphatic heterocycles. The van der Waals surface area contributed by atoms with Gasteiger partial charge in [0.15, 0.2) is 0 Å². The summed E-state index contributed by atoms with van der Waals surface area (Å²) in [7, 11) is -3.62. The van der Waals surface area contributed by atoms with E-state index in [4.69, 9.17) is 5.11 Å². The zero-order valence-corrected chi connectivity index (χ0v) is 11.3. The first-order chi connectivity index (χ1) is 8.84. The summed E-state index contributed by atoms with van der Waals surface area (Å²) in [4.78, 5) is 10.8. The van der Waals surface area contributed by atoms with Crippen molar-refractivity contribution in [2.75, 3.05) is 6.54 Å². The molecule has 0 spiro atoms. The summed E-state index contributed by atoms with van der Waals surface area (Å²) in [5, 5.41) is 8.81. The summed E-state index contributed by atoms with van der Waals surface area (Å²) in [5.74, 6) is -2.52. The first-order valence-corrected chi connectivity index (χ1v) is 7.44. The number of carboxylic acid groups (broad SMARTS) is 1. The van der Waals surface area contributed by atoms with Crippen molar-refractivity contribution in [2.45, 2.75) is 19.1 Å². The maximum absolute atomic E-state index is 12.7. The molecule has 1 unspecified atom stereocenters. The lowest BCUT2D eigenvalue weighted by atomic mass is 10.1. The molecular weight excluding hydrogens is 273 g/mol. The Kier molecular flexibility index (Phi) is 5.44. The summed E-state index contributed by atoms with van der Waals surface area (Å²) >= 11 is 0. The molecule has 5 nitrogen and oxygen atoms in total. The highest BCUT2D eigenvalue weighted by molar-refractivity contribution is 7.88. The van der Waals surface area contributed by atoms with Crippen LogP contribution < -0.4 is 4.72 Å². The zero-order valence-electron chi connectivity index (χ0n) is 10.5. The van der Waals surface area contributed by atoms with Crippen LogP contribution in [0.2, 0.25) is 0 Å². The molecule has 1 rings (SSSR count). The van der Waals surface area contributed by atoms with E-state index in [0.717, 1.165) is 0 Å². The largest absolute Gasteiger partial charge is 0.481 e. The van der Waals surface area contributed by atoms with Crippen LogP contribution in [0.15, 0.2) is 24.3 Å². The summed E-state index contributed by atoms with van der Waals surface area (Å²) in [6.07, 6.45) is 0.342. The number of hydrogen-bond acceptors (Lipinski definition) is 3. The number of rotatable bonds is 7. The SMILES string of the molecule is CCC(CNS(=O)(=O)Cc1ccc(F)cc1)C(=O)O. The molecule has 0 amide bonds. The van der Waals surface area contributed by atoms with E-state index in [9.17, 15) is 17.6 Å². The predicted octanol–water partition coefficient (Wildman–Crippen LogP) is 1.36. The quantitative estimate of drug-likeness (QED) is 0.794. The molecule has 0 fully saturated rings. The molecule has 1 aromatic rings. The lowest BCUT2D eigenvalue weighted by molar-refractivity contribution is -0.141. The van der Waals surface area contributed by atoms with Gasteiger partial charge >= 0.3 is 5.97 Å². The Morgan fingerprint density at radius 2 is 1.95 bits per heavy atom. The fourth-order valence-electron chi connectivity index (χ4n) is 1.48. The van der Waals surface area contributed by atoms with Crippen molar-refractivity contribution in [2.24, 2.45) is 5.92 Å². The summed E-state index contributed by atoms with van der Waals surface area (Å²) in [6.45, 7) is 1.53. The van der Waals surface area contributed by atoms with E-state index < -0.39 is 27.7 Å². The standard InChI is InChI=1S/C12H16FNO4S/c1-2-10(12(15)16)7-14-19(17,18)8-9-3-5-11(13)6-4-9/h3-6,10,14H,2,7-8H2,1H3,(H,15,16). The number of hydrogen-bond donors (Lipinski definition) is 2. The van der Waals surface area contributed by atoms with Crippen molar-refractivity contribution in [3.63, 3.8) is 0 Å². The average Bonchev–Trinajstić information content (AvgIpc) is 2.32. The number of nitrogens with one attached hydrogen (secondary N) is 1. The monoisotopic (exact) mass is 289 g/mol. The minimum atomic E-state index is -3.62. The fraction of sp³-hybridized carbons (Fsp3) is 0.417. The molecule has 106 valence electrons. The minimum absolute atomic E-state index is 0.143. The number of halogens is 1. The topological polar surface area (TPSA) is 83.5 Å². The van der Waals surface area contributed by atoms with Crippen LogP contribution in [0.25, 0.3) is 0 Å². The second-order valence-electron chi connectivity index (χ2n) is 4.18. The Balaban J connectivity index is 2.61. The Hall–Kier alpha value is -1.47. The molecule has 0 aliphatic rings. The summed E-state index contributed by atoms with van der Waals surface area (Å²) < 4.78 is 38.4. The van der Waals surface area contributed by atoms with E-state index in [0.29, 0.717) is 12.0 Å². The number of sulfonamides is 1. The Labute approximate surface area is 111 Å². The molecule has 2 N–H and O–H groups in total. The second-order valence-corrected chi connectivity index (χ2v) is 5.98. The third-order valence-corrected chi connectivity index (χ3v) is 3.98. The van der Waals surface area contributed by atoms with Crippen LogP contribution in [0.1, 0.15) is 18.9 Å². The highest BCUT2D eigenvalue weighted by Crippen LogP contribution is 2.08. The zero-order chi connectivity index (χ0) is 14.5.